The van der Waals surface area contributed by atoms with Crippen LogP contribution in [0.4, 0.5) is 0 Å². The van der Waals surface area contributed by atoms with Crippen molar-refractivity contribution in [2.45, 2.75) is 39.0 Å². The molecule has 0 heterocycles. The summed E-state index contributed by atoms with van der Waals surface area (Å²) in [5.41, 5.74) is 0.759. The van der Waals surface area contributed by atoms with Crippen molar-refractivity contribution in [2.24, 2.45) is 5.92 Å². The number of hydrogen-bond acceptors (Lipinski definition) is 2. The average Bonchev–Trinajstić information content (AvgIpc) is 2.18. The number of rotatable bonds is 2. The van der Waals surface area contributed by atoms with Gasteiger partial charge in [-0.3, -0.25) is 0 Å². The summed E-state index contributed by atoms with van der Waals surface area (Å²) in [6, 6.07) is 0. The highest BCUT2D eigenvalue weighted by atomic mass is 16.5. The van der Waals surface area contributed by atoms with Crippen molar-refractivity contribution in [2.75, 3.05) is 7.11 Å². The Morgan fingerprint density at radius 1 is 1.31 bits per heavy atom. The minimum atomic E-state index is -0.189. The van der Waals surface area contributed by atoms with Crippen LogP contribution in [0.1, 0.15) is 39.0 Å². The van der Waals surface area contributed by atoms with Crippen LogP contribution in [0.5, 0.6) is 0 Å². The topological polar surface area (TPSA) is 26.3 Å². The van der Waals surface area contributed by atoms with E-state index in [9.17, 15) is 4.79 Å². The molecule has 0 saturated heterocycles. The zero-order valence-electron chi connectivity index (χ0n) is 8.51. The van der Waals surface area contributed by atoms with Crippen LogP contribution in [0.15, 0.2) is 11.6 Å². The smallest absolute Gasteiger partial charge is 0.333 e. The van der Waals surface area contributed by atoms with E-state index >= 15 is 0 Å². The Morgan fingerprint density at radius 2 is 1.92 bits per heavy atom. The first kappa shape index (κ1) is 10.3. The van der Waals surface area contributed by atoms with Gasteiger partial charge in [0.15, 0.2) is 0 Å². The fraction of sp³-hybridized carbons (Fsp3) is 0.727. The van der Waals surface area contributed by atoms with E-state index in [1.807, 2.05) is 6.92 Å². The molecule has 0 unspecified atom stereocenters. The highest BCUT2D eigenvalue weighted by Gasteiger charge is 2.13. The highest BCUT2D eigenvalue weighted by Crippen LogP contribution is 2.25. The Morgan fingerprint density at radius 3 is 2.46 bits per heavy atom. The third-order valence-corrected chi connectivity index (χ3v) is 2.64. The van der Waals surface area contributed by atoms with Crippen LogP contribution in [0.2, 0.25) is 0 Å². The van der Waals surface area contributed by atoms with Gasteiger partial charge < -0.3 is 4.74 Å². The van der Waals surface area contributed by atoms with Gasteiger partial charge in [0, 0.05) is 5.57 Å². The molecule has 1 aliphatic carbocycles. The van der Waals surface area contributed by atoms with E-state index < -0.39 is 0 Å². The number of ether oxygens (including phenoxy) is 1. The summed E-state index contributed by atoms with van der Waals surface area (Å²) in [6.45, 7) is 1.83. The second-order valence-corrected chi connectivity index (χ2v) is 3.74. The van der Waals surface area contributed by atoms with E-state index in [4.69, 9.17) is 0 Å². The lowest BCUT2D eigenvalue weighted by molar-refractivity contribution is -0.136. The Bertz CT molecular complexity index is 200. The van der Waals surface area contributed by atoms with E-state index in [2.05, 4.69) is 10.8 Å². The third kappa shape index (κ3) is 3.21. The van der Waals surface area contributed by atoms with Crippen molar-refractivity contribution in [3.63, 3.8) is 0 Å². The lowest BCUT2D eigenvalue weighted by Crippen LogP contribution is -2.07. The fourth-order valence-electron chi connectivity index (χ4n) is 1.88. The molecule has 0 N–H and O–H groups in total. The van der Waals surface area contributed by atoms with Crippen LogP contribution in [0, 0.1) is 5.92 Å². The number of carbonyl (C=O) groups excluding carboxylic acids is 1. The molecular formula is C11H18O2. The minimum Gasteiger partial charge on any atom is -0.466 e. The molecule has 13 heavy (non-hydrogen) atoms. The van der Waals surface area contributed by atoms with Crippen molar-refractivity contribution in [3.05, 3.63) is 11.6 Å². The van der Waals surface area contributed by atoms with Crippen LogP contribution >= 0.6 is 0 Å². The van der Waals surface area contributed by atoms with Gasteiger partial charge in [-0.2, -0.15) is 0 Å². The summed E-state index contributed by atoms with van der Waals surface area (Å²) in [7, 11) is 1.43. The average molecular weight is 182 g/mol. The standard InChI is InChI=1S/C11H18O2/c1-9(11(12)13-2)8-10-6-4-3-5-7-10/h8,10H,3-7H2,1-2H3. The Labute approximate surface area is 80.0 Å². The van der Waals surface area contributed by atoms with Gasteiger partial charge in [0.2, 0.25) is 0 Å². The van der Waals surface area contributed by atoms with E-state index in [-0.39, 0.29) is 5.97 Å². The molecule has 74 valence electrons. The fourth-order valence-corrected chi connectivity index (χ4v) is 1.88. The Hall–Kier alpha value is -0.790. The van der Waals surface area contributed by atoms with E-state index in [1.54, 1.807) is 0 Å². The predicted octanol–water partition coefficient (Wildman–Crippen LogP) is 2.69. The van der Waals surface area contributed by atoms with Crippen molar-refractivity contribution >= 4 is 5.97 Å². The molecule has 0 amide bonds. The van der Waals surface area contributed by atoms with E-state index in [0.29, 0.717) is 5.92 Å². The molecule has 2 nitrogen and oxygen atoms in total. The molecule has 0 aliphatic heterocycles. The van der Waals surface area contributed by atoms with E-state index in [1.165, 1.54) is 39.2 Å². The van der Waals surface area contributed by atoms with Crippen molar-refractivity contribution in [1.29, 1.82) is 0 Å². The molecule has 1 aliphatic rings. The Balaban J connectivity index is 2.47. The maximum atomic E-state index is 11.1. The van der Waals surface area contributed by atoms with Crippen molar-refractivity contribution in [3.8, 4) is 0 Å². The lowest BCUT2D eigenvalue weighted by atomic mass is 9.88. The summed E-state index contributed by atoms with van der Waals surface area (Å²) in [6.07, 6.45) is 8.49. The van der Waals surface area contributed by atoms with Gasteiger partial charge in [-0.1, -0.05) is 25.3 Å². The van der Waals surface area contributed by atoms with E-state index in [0.717, 1.165) is 5.57 Å². The van der Waals surface area contributed by atoms with Gasteiger partial charge in [0.1, 0.15) is 0 Å². The second-order valence-electron chi connectivity index (χ2n) is 3.74. The maximum absolute atomic E-state index is 11.1. The summed E-state index contributed by atoms with van der Waals surface area (Å²) in [5.74, 6) is 0.415. The number of carbonyl (C=O) groups is 1. The summed E-state index contributed by atoms with van der Waals surface area (Å²) in [4.78, 5) is 11.1. The maximum Gasteiger partial charge on any atom is 0.333 e. The monoisotopic (exact) mass is 182 g/mol. The second kappa shape index (κ2) is 5.05. The minimum absolute atomic E-state index is 0.189. The first-order chi connectivity index (χ1) is 6.24. The summed E-state index contributed by atoms with van der Waals surface area (Å²) < 4.78 is 4.65. The molecular weight excluding hydrogens is 164 g/mol. The van der Waals surface area contributed by atoms with Crippen LogP contribution < -0.4 is 0 Å². The molecule has 0 bridgehead atoms. The SMILES string of the molecule is COC(=O)C(C)=CC1CCCCC1. The molecule has 0 aromatic rings. The molecule has 0 spiro atoms. The molecule has 2 heteroatoms. The zero-order valence-corrected chi connectivity index (χ0v) is 8.51. The van der Waals surface area contributed by atoms with Crippen LogP contribution in [-0.4, -0.2) is 13.1 Å². The number of hydrogen-bond donors (Lipinski definition) is 0. The van der Waals surface area contributed by atoms with Gasteiger partial charge in [-0.05, 0) is 25.7 Å². The Kier molecular flexibility index (Phi) is 4.00. The van der Waals surface area contributed by atoms with Crippen molar-refractivity contribution < 1.29 is 9.53 Å². The molecule has 0 atom stereocenters. The van der Waals surface area contributed by atoms with Gasteiger partial charge in [0.25, 0.3) is 0 Å². The molecule has 1 saturated carbocycles. The summed E-state index contributed by atoms with van der Waals surface area (Å²) in [5, 5.41) is 0. The summed E-state index contributed by atoms with van der Waals surface area (Å²) >= 11 is 0. The molecule has 1 rings (SSSR count). The quantitative estimate of drug-likeness (QED) is 0.485. The molecule has 0 aromatic heterocycles. The first-order valence-electron chi connectivity index (χ1n) is 5.01. The van der Waals surface area contributed by atoms with Gasteiger partial charge in [-0.15, -0.1) is 0 Å². The largest absolute Gasteiger partial charge is 0.466 e. The predicted molar refractivity (Wildman–Crippen MR) is 52.3 cm³/mol. The highest BCUT2D eigenvalue weighted by molar-refractivity contribution is 5.87. The molecule has 0 radical (unpaired) electrons. The zero-order chi connectivity index (χ0) is 9.68. The normalized spacial score (nSPS) is 20.0. The van der Waals surface area contributed by atoms with Gasteiger partial charge in [0.05, 0.1) is 7.11 Å². The van der Waals surface area contributed by atoms with Crippen molar-refractivity contribution in [1.82, 2.24) is 0 Å². The van der Waals surface area contributed by atoms with Crippen LogP contribution in [0.25, 0.3) is 0 Å². The van der Waals surface area contributed by atoms with Crippen LogP contribution in [-0.2, 0) is 9.53 Å². The third-order valence-electron chi connectivity index (χ3n) is 2.64. The van der Waals surface area contributed by atoms with Gasteiger partial charge >= 0.3 is 5.97 Å². The van der Waals surface area contributed by atoms with Crippen LogP contribution in [0.3, 0.4) is 0 Å². The number of esters is 1. The number of allylic oxidation sites excluding steroid dienone is 1. The molecule has 1 fully saturated rings. The molecule has 0 aromatic carbocycles. The first-order valence-corrected chi connectivity index (χ1v) is 5.01. The van der Waals surface area contributed by atoms with Gasteiger partial charge in [-0.25, -0.2) is 4.79 Å². The number of methoxy groups -OCH3 is 1. The lowest BCUT2D eigenvalue weighted by Gasteiger charge is -2.18.